The third kappa shape index (κ3) is 3.79. The summed E-state index contributed by atoms with van der Waals surface area (Å²) in [5.74, 6) is -1.94. The molecule has 0 aliphatic heterocycles. The number of aromatic nitrogens is 1. The first-order valence-corrected chi connectivity index (χ1v) is 9.71. The molecule has 0 saturated carbocycles. The first kappa shape index (κ1) is 18.2. The predicted molar refractivity (Wildman–Crippen MR) is 94.1 cm³/mol. The number of carboxylic acids is 1. The van der Waals surface area contributed by atoms with Crippen LogP contribution in [0, 0.1) is 5.82 Å². The van der Waals surface area contributed by atoms with Gasteiger partial charge in [0, 0.05) is 5.38 Å². The maximum Gasteiger partial charge on any atom is 0.357 e. The summed E-state index contributed by atoms with van der Waals surface area (Å²) in [5, 5.41) is 10.3. The van der Waals surface area contributed by atoms with E-state index in [0.29, 0.717) is 11.1 Å². The van der Waals surface area contributed by atoms with Crippen LogP contribution in [0.3, 0.4) is 0 Å². The molecule has 0 bridgehead atoms. The molecule has 9 heteroatoms. The molecule has 0 aliphatic rings. The third-order valence-corrected chi connectivity index (χ3v) is 5.83. The molecule has 2 aromatic carbocycles. The van der Waals surface area contributed by atoms with Gasteiger partial charge in [-0.25, -0.2) is 17.6 Å². The quantitative estimate of drug-likeness (QED) is 0.672. The summed E-state index contributed by atoms with van der Waals surface area (Å²) in [6.45, 7) is 0. The third-order valence-electron chi connectivity index (χ3n) is 3.62. The number of aromatic carboxylic acids is 1. The lowest BCUT2D eigenvalue weighted by atomic mass is 10.00. The number of carboxylic acid groups (broad SMARTS) is 1. The van der Waals surface area contributed by atoms with Crippen LogP contribution in [0.2, 0.25) is 0 Å². The topological polar surface area (TPSA) is 96.4 Å². The second kappa shape index (κ2) is 7.32. The van der Waals surface area contributed by atoms with Crippen molar-refractivity contribution in [3.8, 4) is 0 Å². The van der Waals surface area contributed by atoms with Crippen molar-refractivity contribution < 1.29 is 22.7 Å². The molecule has 0 aliphatic carbocycles. The van der Waals surface area contributed by atoms with Gasteiger partial charge in [0.1, 0.15) is 10.7 Å². The molecule has 3 rings (SSSR count). The molecule has 0 radical (unpaired) electrons. The molecule has 0 saturated heterocycles. The van der Waals surface area contributed by atoms with Gasteiger partial charge in [0.25, 0.3) is 0 Å². The molecule has 1 atom stereocenters. The van der Waals surface area contributed by atoms with Gasteiger partial charge in [0.05, 0.1) is 6.04 Å². The molecule has 134 valence electrons. The summed E-state index contributed by atoms with van der Waals surface area (Å²) < 4.78 is 45.2. The average Bonchev–Trinajstić information content (AvgIpc) is 3.12. The first-order chi connectivity index (χ1) is 12.4. The summed E-state index contributed by atoms with van der Waals surface area (Å²) in [7, 11) is -4.21. The SMILES string of the molecule is O=C(O)c1nscc1S(=O)(=O)NC(c1ccccc1)c1cccc(F)c1. The van der Waals surface area contributed by atoms with E-state index in [9.17, 15) is 17.6 Å². The summed E-state index contributed by atoms with van der Waals surface area (Å²) in [6.07, 6.45) is 0. The minimum Gasteiger partial charge on any atom is -0.476 e. The standard InChI is InChI=1S/C17H13FN2O4S2/c18-13-8-4-7-12(9-13)15(11-5-2-1-3-6-11)20-26(23,24)14-10-25-19-16(14)17(21)22/h1-10,15,20H,(H,21,22). The zero-order valence-electron chi connectivity index (χ0n) is 13.2. The van der Waals surface area contributed by atoms with Gasteiger partial charge in [-0.1, -0.05) is 42.5 Å². The van der Waals surface area contributed by atoms with Gasteiger partial charge in [-0.2, -0.15) is 9.10 Å². The van der Waals surface area contributed by atoms with Crippen molar-refractivity contribution in [2.24, 2.45) is 0 Å². The van der Waals surface area contributed by atoms with Gasteiger partial charge in [-0.15, -0.1) is 0 Å². The molecular formula is C17H13FN2O4S2. The minimum absolute atomic E-state index is 0.389. The second-order valence-corrected chi connectivity index (χ2v) is 7.66. The molecule has 0 spiro atoms. The van der Waals surface area contributed by atoms with Gasteiger partial charge >= 0.3 is 5.97 Å². The lowest BCUT2D eigenvalue weighted by Gasteiger charge is -2.19. The van der Waals surface area contributed by atoms with Crippen LogP contribution in [0.4, 0.5) is 4.39 Å². The van der Waals surface area contributed by atoms with Crippen LogP contribution in [-0.2, 0) is 10.0 Å². The van der Waals surface area contributed by atoms with E-state index in [4.69, 9.17) is 5.11 Å². The number of benzene rings is 2. The normalized spacial score (nSPS) is 12.7. The maximum absolute atomic E-state index is 13.7. The van der Waals surface area contributed by atoms with Crippen LogP contribution in [0.5, 0.6) is 0 Å². The highest BCUT2D eigenvalue weighted by molar-refractivity contribution is 7.89. The maximum atomic E-state index is 13.7. The Kier molecular flexibility index (Phi) is 5.12. The second-order valence-electron chi connectivity index (χ2n) is 5.35. The Hall–Kier alpha value is -2.62. The predicted octanol–water partition coefficient (Wildman–Crippen LogP) is 3.05. The summed E-state index contributed by atoms with van der Waals surface area (Å²) in [4.78, 5) is 10.8. The van der Waals surface area contributed by atoms with Crippen molar-refractivity contribution in [3.63, 3.8) is 0 Å². The van der Waals surface area contributed by atoms with Crippen LogP contribution in [0.25, 0.3) is 0 Å². The van der Waals surface area contributed by atoms with E-state index < -0.39 is 38.4 Å². The fourth-order valence-electron chi connectivity index (χ4n) is 2.44. The van der Waals surface area contributed by atoms with Crippen molar-refractivity contribution in [1.82, 2.24) is 9.10 Å². The van der Waals surface area contributed by atoms with Gasteiger partial charge in [0.15, 0.2) is 5.69 Å². The van der Waals surface area contributed by atoms with Crippen molar-refractivity contribution in [3.05, 3.63) is 82.6 Å². The molecular weight excluding hydrogens is 379 g/mol. The fraction of sp³-hybridized carbons (Fsp3) is 0.0588. The number of hydrogen-bond acceptors (Lipinski definition) is 5. The molecule has 0 fully saturated rings. The van der Waals surface area contributed by atoms with E-state index in [1.165, 1.54) is 18.2 Å². The molecule has 2 N–H and O–H groups in total. The Morgan fingerprint density at radius 3 is 2.46 bits per heavy atom. The van der Waals surface area contributed by atoms with Crippen molar-refractivity contribution in [1.29, 1.82) is 0 Å². The van der Waals surface area contributed by atoms with E-state index in [1.54, 1.807) is 36.4 Å². The first-order valence-electron chi connectivity index (χ1n) is 7.39. The number of nitrogens with zero attached hydrogens (tertiary/aromatic N) is 1. The lowest BCUT2D eigenvalue weighted by molar-refractivity contribution is 0.0687. The van der Waals surface area contributed by atoms with Crippen molar-refractivity contribution in [2.45, 2.75) is 10.9 Å². The lowest BCUT2D eigenvalue weighted by Crippen LogP contribution is -2.30. The average molecular weight is 392 g/mol. The number of rotatable bonds is 6. The Morgan fingerprint density at radius 1 is 1.12 bits per heavy atom. The highest BCUT2D eigenvalue weighted by atomic mass is 32.2. The Bertz CT molecular complexity index is 1040. The van der Waals surface area contributed by atoms with Gasteiger partial charge in [-0.05, 0) is 34.8 Å². The van der Waals surface area contributed by atoms with E-state index in [1.807, 2.05) is 0 Å². The molecule has 1 heterocycles. The van der Waals surface area contributed by atoms with Crippen LogP contribution in [0.1, 0.15) is 27.7 Å². The molecule has 6 nitrogen and oxygen atoms in total. The van der Waals surface area contributed by atoms with Crippen molar-refractivity contribution >= 4 is 27.5 Å². The summed E-state index contributed by atoms with van der Waals surface area (Å²) in [5.41, 5.74) is 0.426. The van der Waals surface area contributed by atoms with E-state index in [0.717, 1.165) is 16.9 Å². The molecule has 3 aromatic rings. The van der Waals surface area contributed by atoms with E-state index >= 15 is 0 Å². The number of nitrogens with one attached hydrogen (secondary N) is 1. The van der Waals surface area contributed by atoms with E-state index in [-0.39, 0.29) is 0 Å². The highest BCUT2D eigenvalue weighted by Crippen LogP contribution is 2.26. The molecule has 0 amide bonds. The monoisotopic (exact) mass is 392 g/mol. The zero-order valence-corrected chi connectivity index (χ0v) is 14.8. The number of hydrogen-bond donors (Lipinski definition) is 2. The Balaban J connectivity index is 2.06. The fourth-order valence-corrected chi connectivity index (χ4v) is 4.77. The van der Waals surface area contributed by atoms with Gasteiger partial charge < -0.3 is 5.11 Å². The minimum atomic E-state index is -4.21. The highest BCUT2D eigenvalue weighted by Gasteiger charge is 2.29. The van der Waals surface area contributed by atoms with Crippen LogP contribution < -0.4 is 4.72 Å². The van der Waals surface area contributed by atoms with Gasteiger partial charge in [-0.3, -0.25) is 0 Å². The zero-order chi connectivity index (χ0) is 18.7. The Morgan fingerprint density at radius 2 is 1.81 bits per heavy atom. The Labute approximate surface area is 153 Å². The van der Waals surface area contributed by atoms with Crippen LogP contribution in [-0.4, -0.2) is 23.9 Å². The van der Waals surface area contributed by atoms with Crippen molar-refractivity contribution in [2.75, 3.05) is 0 Å². The summed E-state index contributed by atoms with van der Waals surface area (Å²) >= 11 is 0.733. The molecule has 26 heavy (non-hydrogen) atoms. The molecule has 1 aromatic heterocycles. The number of carbonyl (C=O) groups is 1. The van der Waals surface area contributed by atoms with Crippen LogP contribution in [0.15, 0.2) is 64.9 Å². The number of halogens is 1. The molecule has 1 unspecified atom stereocenters. The number of sulfonamides is 1. The van der Waals surface area contributed by atoms with E-state index in [2.05, 4.69) is 9.10 Å². The van der Waals surface area contributed by atoms with Crippen LogP contribution >= 0.6 is 11.5 Å². The largest absolute Gasteiger partial charge is 0.476 e. The smallest absolute Gasteiger partial charge is 0.357 e. The summed E-state index contributed by atoms with van der Waals surface area (Å²) in [6, 6.07) is 13.3. The van der Waals surface area contributed by atoms with Gasteiger partial charge in [0.2, 0.25) is 10.0 Å².